The van der Waals surface area contributed by atoms with Crippen molar-refractivity contribution in [2.24, 2.45) is 17.0 Å². The van der Waals surface area contributed by atoms with Gasteiger partial charge in [0.1, 0.15) is 11.4 Å². The number of piperidine rings is 1. The van der Waals surface area contributed by atoms with Gasteiger partial charge in [0, 0.05) is 62.1 Å². The van der Waals surface area contributed by atoms with Gasteiger partial charge in [-0.3, -0.25) is 14.6 Å². The Morgan fingerprint density at radius 3 is 2.32 bits per heavy atom. The number of nitrogens with one attached hydrogen (secondary N) is 1. The van der Waals surface area contributed by atoms with E-state index in [1.54, 1.807) is 48.4 Å². The molecular formula is C36H46F3N5O5S. The van der Waals surface area contributed by atoms with Crippen LogP contribution in [0.2, 0.25) is 0 Å². The number of β-amino-alcohol motifs (C(OH)–C–C–N with tert-alkyl or cyclic N) is 1. The standard InChI is InChI=1S/C36H46F3N5O5S/c1-2-16-42(20-24-6-10-32(11-7-24)50(40,48)49)34(46)41-29-18-30-8-9-31(19-29)44(30)22-27-21-43(33(45)25-12-14-35(38,39)15-13-25)23-36(27,47)26-4-3-5-28(37)17-26/h2-7,10-11,16-17,25,27,29-31,47H,8-9,12-15,18-23H2,1H3,(H,41,46)(H2,40,48,49)/b16-2+/t27-,29?,30?,31?,36+/m1/s1. The van der Waals surface area contributed by atoms with Gasteiger partial charge in [0.15, 0.2) is 0 Å². The molecule has 3 saturated heterocycles. The number of hydrogen-bond acceptors (Lipinski definition) is 6. The van der Waals surface area contributed by atoms with Gasteiger partial charge >= 0.3 is 6.03 Å². The average Bonchev–Trinajstić information content (AvgIpc) is 3.52. The summed E-state index contributed by atoms with van der Waals surface area (Å²) in [5, 5.41) is 20.6. The van der Waals surface area contributed by atoms with Crippen LogP contribution in [-0.4, -0.2) is 83.8 Å². The molecule has 10 nitrogen and oxygen atoms in total. The van der Waals surface area contributed by atoms with Crippen LogP contribution in [0.5, 0.6) is 0 Å². The lowest BCUT2D eigenvalue weighted by Gasteiger charge is -2.42. The molecule has 0 radical (unpaired) electrons. The predicted octanol–water partition coefficient (Wildman–Crippen LogP) is 4.69. The molecule has 3 amide bonds. The van der Waals surface area contributed by atoms with Gasteiger partial charge in [0.2, 0.25) is 21.9 Å². The van der Waals surface area contributed by atoms with Crippen LogP contribution >= 0.6 is 0 Å². The summed E-state index contributed by atoms with van der Waals surface area (Å²) in [5.41, 5.74) is -0.386. The zero-order chi connectivity index (χ0) is 35.8. The van der Waals surface area contributed by atoms with E-state index in [1.807, 2.05) is 0 Å². The van der Waals surface area contributed by atoms with Crippen molar-refractivity contribution < 1.29 is 36.3 Å². The maximum Gasteiger partial charge on any atom is 0.321 e. The number of alkyl halides is 2. The van der Waals surface area contributed by atoms with E-state index in [4.69, 9.17) is 5.14 Å². The fourth-order valence-corrected chi connectivity index (χ4v) is 8.98. The highest BCUT2D eigenvalue weighted by Gasteiger charge is 2.52. The Labute approximate surface area is 291 Å². The number of likely N-dealkylation sites (tertiary alicyclic amines) is 1. The third-order valence-electron chi connectivity index (χ3n) is 11.1. The number of aliphatic hydroxyl groups is 1. The van der Waals surface area contributed by atoms with Crippen LogP contribution in [0.25, 0.3) is 0 Å². The number of hydrogen-bond donors (Lipinski definition) is 3. The molecule has 14 heteroatoms. The molecule has 2 bridgehead atoms. The number of halogens is 3. The first-order chi connectivity index (χ1) is 23.6. The second-order valence-corrected chi connectivity index (χ2v) is 16.0. The Morgan fingerprint density at radius 1 is 1.06 bits per heavy atom. The van der Waals surface area contributed by atoms with E-state index >= 15 is 0 Å². The first-order valence-corrected chi connectivity index (χ1v) is 18.9. The quantitative estimate of drug-likeness (QED) is 0.345. The highest BCUT2D eigenvalue weighted by Crippen LogP contribution is 2.44. The van der Waals surface area contributed by atoms with Gasteiger partial charge in [-0.2, -0.15) is 0 Å². The summed E-state index contributed by atoms with van der Waals surface area (Å²) >= 11 is 0. The lowest BCUT2D eigenvalue weighted by molar-refractivity contribution is -0.139. The Bertz CT molecular complexity index is 1690. The maximum atomic E-state index is 14.4. The second-order valence-electron chi connectivity index (χ2n) is 14.5. The average molecular weight is 718 g/mol. The van der Waals surface area contributed by atoms with E-state index in [9.17, 15) is 36.3 Å². The molecule has 4 aliphatic rings. The van der Waals surface area contributed by atoms with Crippen molar-refractivity contribution >= 4 is 22.0 Å². The number of nitrogens with zero attached hydrogens (tertiary/aromatic N) is 3. The molecule has 4 N–H and O–H groups in total. The van der Waals surface area contributed by atoms with Crippen LogP contribution in [-0.2, 0) is 27.0 Å². The van der Waals surface area contributed by atoms with Gasteiger partial charge < -0.3 is 15.3 Å². The van der Waals surface area contributed by atoms with E-state index in [-0.39, 0.29) is 80.3 Å². The molecule has 2 aromatic carbocycles. The van der Waals surface area contributed by atoms with Crippen LogP contribution in [0.4, 0.5) is 18.0 Å². The zero-order valence-electron chi connectivity index (χ0n) is 28.2. The van der Waals surface area contributed by atoms with Crippen molar-refractivity contribution in [1.29, 1.82) is 0 Å². The summed E-state index contributed by atoms with van der Waals surface area (Å²) < 4.78 is 65.4. The maximum absolute atomic E-state index is 14.4. The minimum absolute atomic E-state index is 0.00614. The summed E-state index contributed by atoms with van der Waals surface area (Å²) in [6, 6.07) is 11.8. The molecule has 1 saturated carbocycles. The van der Waals surface area contributed by atoms with E-state index in [2.05, 4.69) is 10.2 Å². The van der Waals surface area contributed by atoms with Crippen molar-refractivity contribution in [3.63, 3.8) is 0 Å². The second kappa shape index (κ2) is 14.3. The normalized spacial score (nSPS) is 28.6. The number of urea groups is 1. The number of nitrogens with two attached hydrogens (primary N) is 1. The number of carbonyl (C=O) groups is 2. The third kappa shape index (κ3) is 7.88. The van der Waals surface area contributed by atoms with Crippen molar-refractivity contribution in [2.45, 2.75) is 99.4 Å². The summed E-state index contributed by atoms with van der Waals surface area (Å²) in [4.78, 5) is 32.5. The Hall–Kier alpha value is -3.46. The molecule has 50 heavy (non-hydrogen) atoms. The van der Waals surface area contributed by atoms with Crippen LogP contribution in [0.15, 0.2) is 65.7 Å². The van der Waals surface area contributed by atoms with E-state index in [0.29, 0.717) is 24.9 Å². The van der Waals surface area contributed by atoms with Crippen LogP contribution < -0.4 is 10.5 Å². The van der Waals surface area contributed by atoms with Crippen LogP contribution in [0, 0.1) is 17.7 Å². The molecule has 2 aromatic rings. The lowest BCUT2D eigenvalue weighted by atomic mass is 9.82. The van der Waals surface area contributed by atoms with Crippen LogP contribution in [0.1, 0.15) is 69.4 Å². The molecule has 3 aliphatic heterocycles. The fraction of sp³-hybridized carbons (Fsp3) is 0.556. The minimum atomic E-state index is -3.83. The van der Waals surface area contributed by atoms with Gasteiger partial charge in [-0.15, -0.1) is 0 Å². The SMILES string of the molecule is C/C=C/N(Cc1ccc(S(N)(=O)=O)cc1)C(=O)NC1CC2CCC(C1)N2C[C@H]1CN(C(=O)C2CCC(F)(F)CC2)C[C@]1(O)c1cccc(F)c1. The molecule has 0 aromatic heterocycles. The summed E-state index contributed by atoms with van der Waals surface area (Å²) in [7, 11) is -3.83. The number of primary sulfonamides is 1. The minimum Gasteiger partial charge on any atom is -0.383 e. The number of amides is 3. The van der Waals surface area contributed by atoms with E-state index in [0.717, 1.165) is 18.4 Å². The molecule has 4 fully saturated rings. The molecular weight excluding hydrogens is 671 g/mol. The van der Waals surface area contributed by atoms with Crippen molar-refractivity contribution in [3.05, 3.63) is 77.8 Å². The van der Waals surface area contributed by atoms with Crippen molar-refractivity contribution in [3.8, 4) is 0 Å². The van der Waals surface area contributed by atoms with Crippen LogP contribution in [0.3, 0.4) is 0 Å². The number of carbonyl (C=O) groups excluding carboxylic acids is 2. The molecule has 3 heterocycles. The Morgan fingerprint density at radius 2 is 1.72 bits per heavy atom. The number of fused-ring (bicyclic) bond motifs is 2. The molecule has 6 rings (SSSR count). The Kier molecular flexibility index (Phi) is 10.4. The number of benzene rings is 2. The smallest absolute Gasteiger partial charge is 0.321 e. The highest BCUT2D eigenvalue weighted by atomic mass is 32.2. The highest BCUT2D eigenvalue weighted by molar-refractivity contribution is 7.89. The molecule has 0 spiro atoms. The van der Waals surface area contributed by atoms with Gasteiger partial charge in [-0.25, -0.2) is 31.5 Å². The molecule has 272 valence electrons. The molecule has 2 unspecified atom stereocenters. The Balaban J connectivity index is 1.12. The summed E-state index contributed by atoms with van der Waals surface area (Å²) in [5.74, 6) is -4.43. The van der Waals surface area contributed by atoms with Crippen molar-refractivity contribution in [2.75, 3.05) is 19.6 Å². The lowest BCUT2D eigenvalue weighted by Crippen LogP contribution is -2.54. The number of rotatable bonds is 9. The fourth-order valence-electron chi connectivity index (χ4n) is 8.46. The van der Waals surface area contributed by atoms with Gasteiger partial charge in [0.05, 0.1) is 18.0 Å². The molecule has 4 atom stereocenters. The monoisotopic (exact) mass is 717 g/mol. The first-order valence-electron chi connectivity index (χ1n) is 17.4. The van der Waals surface area contributed by atoms with Crippen molar-refractivity contribution in [1.82, 2.24) is 20.0 Å². The summed E-state index contributed by atoms with van der Waals surface area (Å²) in [6.45, 7) is 2.71. The first kappa shape index (κ1) is 36.3. The van der Waals surface area contributed by atoms with Gasteiger partial charge in [-0.05, 0) is 80.8 Å². The topological polar surface area (TPSA) is 136 Å². The van der Waals surface area contributed by atoms with E-state index < -0.39 is 39.2 Å². The third-order valence-corrected chi connectivity index (χ3v) is 12.0. The predicted molar refractivity (Wildman–Crippen MR) is 181 cm³/mol. The molecule has 1 aliphatic carbocycles. The van der Waals surface area contributed by atoms with E-state index in [1.165, 1.54) is 29.2 Å². The van der Waals surface area contributed by atoms with Gasteiger partial charge in [0.25, 0.3) is 0 Å². The number of allylic oxidation sites excluding steroid dienone is 1. The zero-order valence-corrected chi connectivity index (χ0v) is 29.0. The number of sulfonamides is 1. The summed E-state index contributed by atoms with van der Waals surface area (Å²) in [6.07, 6.45) is 6.19. The largest absolute Gasteiger partial charge is 0.383 e. The van der Waals surface area contributed by atoms with Gasteiger partial charge in [-0.1, -0.05) is 30.3 Å².